The molecule has 4 amide bonds. The largest absolute Gasteiger partial charge is 0.497 e. The van der Waals surface area contributed by atoms with Gasteiger partial charge in [-0.2, -0.15) is 13.2 Å². The number of benzene rings is 2. The molecule has 29 heavy (non-hydrogen) atoms. The molecule has 0 saturated carbocycles. The summed E-state index contributed by atoms with van der Waals surface area (Å²) < 4.78 is 59.5. The minimum atomic E-state index is -5.36. The molecular weight excluding hydrogens is 398 g/mol. The summed E-state index contributed by atoms with van der Waals surface area (Å²) in [5.74, 6) is -3.38. The van der Waals surface area contributed by atoms with Crippen molar-refractivity contribution in [2.24, 2.45) is 0 Å². The number of halogens is 4. The highest BCUT2D eigenvalue weighted by molar-refractivity contribution is 6.24. The predicted octanol–water partition coefficient (Wildman–Crippen LogP) is 2.58. The van der Waals surface area contributed by atoms with Gasteiger partial charge in [-0.25, -0.2) is 14.1 Å². The lowest BCUT2D eigenvalue weighted by Gasteiger charge is -2.29. The molecule has 2 aromatic carbocycles. The molecule has 1 heterocycles. The van der Waals surface area contributed by atoms with Gasteiger partial charge in [-0.1, -0.05) is 0 Å². The first kappa shape index (κ1) is 20.1. The van der Waals surface area contributed by atoms with Gasteiger partial charge in [0.25, 0.3) is 17.5 Å². The molecule has 0 aliphatic carbocycles. The Bertz CT molecular complexity index is 961. The molecular formula is C18H13F4N3O4. The van der Waals surface area contributed by atoms with Crippen LogP contribution in [0.25, 0.3) is 0 Å². The highest BCUT2D eigenvalue weighted by Gasteiger charge is 2.69. The number of carbonyl (C=O) groups excluding carboxylic acids is 3. The molecule has 0 radical (unpaired) electrons. The van der Waals surface area contributed by atoms with Gasteiger partial charge in [-0.15, -0.1) is 0 Å². The Kier molecular flexibility index (Phi) is 4.91. The number of alkyl halides is 3. The van der Waals surface area contributed by atoms with Crippen LogP contribution in [-0.4, -0.2) is 36.8 Å². The van der Waals surface area contributed by atoms with E-state index in [0.717, 1.165) is 24.3 Å². The summed E-state index contributed by atoms with van der Waals surface area (Å²) in [5, 5.41) is 3.08. The van der Waals surface area contributed by atoms with Crippen LogP contribution in [-0.2, 0) is 4.79 Å². The fourth-order valence-electron chi connectivity index (χ4n) is 2.69. The van der Waals surface area contributed by atoms with Crippen LogP contribution in [0.5, 0.6) is 5.75 Å². The summed E-state index contributed by atoms with van der Waals surface area (Å²) in [5.41, 5.74) is -4.18. The molecule has 0 aromatic heterocycles. The highest BCUT2D eigenvalue weighted by atomic mass is 19.4. The maximum atomic E-state index is 13.8. The van der Waals surface area contributed by atoms with Gasteiger partial charge in [0.05, 0.1) is 12.8 Å². The van der Waals surface area contributed by atoms with Gasteiger partial charge in [0.15, 0.2) is 0 Å². The Morgan fingerprint density at radius 3 is 2.17 bits per heavy atom. The first-order valence-electron chi connectivity index (χ1n) is 8.04. The Labute approximate surface area is 161 Å². The second kappa shape index (κ2) is 7.08. The molecule has 1 fully saturated rings. The number of imide groups is 1. The monoisotopic (exact) mass is 411 g/mol. The topological polar surface area (TPSA) is 87.7 Å². The molecule has 2 aromatic rings. The minimum absolute atomic E-state index is 0.182. The maximum absolute atomic E-state index is 13.8. The number of urea groups is 1. The number of rotatable bonds is 4. The smallest absolute Gasteiger partial charge is 0.440 e. The molecule has 11 heteroatoms. The van der Waals surface area contributed by atoms with E-state index in [2.05, 4.69) is 0 Å². The molecule has 3 rings (SSSR count). The van der Waals surface area contributed by atoms with Crippen LogP contribution in [0, 0.1) is 5.82 Å². The van der Waals surface area contributed by atoms with Crippen molar-refractivity contribution >= 4 is 23.5 Å². The van der Waals surface area contributed by atoms with Crippen molar-refractivity contribution in [3.63, 3.8) is 0 Å². The predicted molar refractivity (Wildman–Crippen MR) is 91.7 cm³/mol. The number of anilines is 1. The number of amides is 4. The molecule has 0 spiro atoms. The van der Waals surface area contributed by atoms with Crippen molar-refractivity contribution in [2.45, 2.75) is 11.8 Å². The number of methoxy groups -OCH3 is 1. The van der Waals surface area contributed by atoms with Crippen LogP contribution >= 0.6 is 0 Å². The molecule has 1 aliphatic heterocycles. The van der Waals surface area contributed by atoms with E-state index in [1.807, 2.05) is 0 Å². The van der Waals surface area contributed by atoms with Gasteiger partial charge in [-0.05, 0) is 48.5 Å². The van der Waals surface area contributed by atoms with E-state index in [1.165, 1.54) is 36.7 Å². The standard InChI is InChI=1S/C18H13F4N3O4/c1-29-13-8-2-10(3-9-13)14(26)23-17(18(20,21)22)15(27)25(16(28)24-17)12-6-4-11(19)5-7-12/h2-9H,1H3,(H,23,26)(H,24,28)/t17-/m1/s1. The van der Waals surface area contributed by atoms with E-state index >= 15 is 0 Å². The van der Waals surface area contributed by atoms with Crippen LogP contribution in [0.1, 0.15) is 10.4 Å². The zero-order valence-corrected chi connectivity index (χ0v) is 14.7. The summed E-state index contributed by atoms with van der Waals surface area (Å²) in [6, 6.07) is 7.32. The molecule has 7 nitrogen and oxygen atoms in total. The van der Waals surface area contributed by atoms with E-state index in [-0.39, 0.29) is 16.2 Å². The Morgan fingerprint density at radius 2 is 1.66 bits per heavy atom. The second-order valence-corrected chi connectivity index (χ2v) is 5.98. The van der Waals surface area contributed by atoms with Crippen LogP contribution in [0.4, 0.5) is 28.0 Å². The zero-order valence-electron chi connectivity index (χ0n) is 14.7. The van der Waals surface area contributed by atoms with Crippen LogP contribution < -0.4 is 20.3 Å². The fraction of sp³-hybridized carbons (Fsp3) is 0.167. The number of nitrogens with zero attached hydrogens (tertiary/aromatic N) is 1. The summed E-state index contributed by atoms with van der Waals surface area (Å²) in [6.07, 6.45) is -5.36. The van der Waals surface area contributed by atoms with Crippen molar-refractivity contribution < 1.29 is 36.7 Å². The van der Waals surface area contributed by atoms with Crippen molar-refractivity contribution in [3.05, 3.63) is 59.9 Å². The average Bonchev–Trinajstić information content (AvgIpc) is 2.93. The quantitative estimate of drug-likeness (QED) is 0.598. The van der Waals surface area contributed by atoms with Gasteiger partial charge in [0.2, 0.25) is 0 Å². The van der Waals surface area contributed by atoms with Gasteiger partial charge in [0, 0.05) is 5.56 Å². The molecule has 1 saturated heterocycles. The lowest BCUT2D eigenvalue weighted by atomic mass is 10.1. The molecule has 0 bridgehead atoms. The van der Waals surface area contributed by atoms with Crippen molar-refractivity contribution in [1.29, 1.82) is 0 Å². The molecule has 0 unspecified atom stereocenters. The third-order valence-electron chi connectivity index (χ3n) is 4.18. The number of hydrogen-bond acceptors (Lipinski definition) is 4. The maximum Gasteiger partial charge on any atom is 0.440 e. The summed E-state index contributed by atoms with van der Waals surface area (Å²) in [7, 11) is 1.37. The van der Waals surface area contributed by atoms with Gasteiger partial charge >= 0.3 is 12.2 Å². The highest BCUT2D eigenvalue weighted by Crippen LogP contribution is 2.36. The summed E-state index contributed by atoms with van der Waals surface area (Å²) >= 11 is 0. The number of ether oxygens (including phenoxy) is 1. The van der Waals surface area contributed by atoms with Crippen LogP contribution in [0.3, 0.4) is 0 Å². The number of nitrogens with one attached hydrogen (secondary N) is 2. The van der Waals surface area contributed by atoms with Gasteiger partial charge in [-0.3, -0.25) is 14.9 Å². The van der Waals surface area contributed by atoms with Gasteiger partial charge in [0.1, 0.15) is 11.6 Å². The van der Waals surface area contributed by atoms with Crippen molar-refractivity contribution in [3.8, 4) is 5.75 Å². The third kappa shape index (κ3) is 3.46. The third-order valence-corrected chi connectivity index (χ3v) is 4.18. The first-order chi connectivity index (χ1) is 13.6. The van der Waals surface area contributed by atoms with E-state index in [9.17, 15) is 31.9 Å². The fourth-order valence-corrected chi connectivity index (χ4v) is 2.69. The Hall–Kier alpha value is -3.63. The lowest BCUT2D eigenvalue weighted by molar-refractivity contribution is -0.197. The molecule has 2 N–H and O–H groups in total. The lowest BCUT2D eigenvalue weighted by Crippen LogP contribution is -2.69. The Balaban J connectivity index is 1.96. The van der Waals surface area contributed by atoms with Crippen LogP contribution in [0.2, 0.25) is 0 Å². The normalized spacial score (nSPS) is 19.1. The Morgan fingerprint density at radius 1 is 1.07 bits per heavy atom. The number of carbonyl (C=O) groups is 3. The van der Waals surface area contributed by atoms with E-state index in [4.69, 9.17) is 4.74 Å². The first-order valence-corrected chi connectivity index (χ1v) is 8.04. The minimum Gasteiger partial charge on any atom is -0.497 e. The van der Waals surface area contributed by atoms with E-state index < -0.39 is 35.5 Å². The SMILES string of the molecule is COc1ccc(C(=O)N[C@@]2(C(F)(F)F)NC(=O)N(c3ccc(F)cc3)C2=O)cc1. The molecule has 152 valence electrons. The molecule has 1 aliphatic rings. The summed E-state index contributed by atoms with van der Waals surface area (Å²) in [6.45, 7) is 0. The van der Waals surface area contributed by atoms with Gasteiger partial charge < -0.3 is 10.1 Å². The van der Waals surface area contributed by atoms with E-state index in [0.29, 0.717) is 5.75 Å². The van der Waals surface area contributed by atoms with Crippen molar-refractivity contribution in [2.75, 3.05) is 12.0 Å². The van der Waals surface area contributed by atoms with Crippen molar-refractivity contribution in [1.82, 2.24) is 10.6 Å². The van der Waals surface area contributed by atoms with Crippen LogP contribution in [0.15, 0.2) is 48.5 Å². The van der Waals surface area contributed by atoms with E-state index in [1.54, 1.807) is 5.32 Å². The summed E-state index contributed by atoms with van der Waals surface area (Å²) in [4.78, 5) is 37.3. The number of hydrogen-bond donors (Lipinski definition) is 2. The average molecular weight is 411 g/mol. The second-order valence-electron chi connectivity index (χ2n) is 5.98. The zero-order chi connectivity index (χ0) is 21.4. The molecule has 1 atom stereocenters.